The molecule has 0 amide bonds. The van der Waals surface area contributed by atoms with Gasteiger partial charge in [0.05, 0.1) is 12.0 Å². The van der Waals surface area contributed by atoms with Crippen LogP contribution in [0, 0.1) is 0 Å². The highest BCUT2D eigenvalue weighted by Gasteiger charge is 2.33. The van der Waals surface area contributed by atoms with Crippen molar-refractivity contribution < 1.29 is 14.6 Å². The number of ether oxygens (including phenoxy) is 1. The van der Waals surface area contributed by atoms with Gasteiger partial charge in [-0.1, -0.05) is 0 Å². The molecule has 0 aromatic rings. The van der Waals surface area contributed by atoms with E-state index in [4.69, 9.17) is 9.84 Å². The van der Waals surface area contributed by atoms with Gasteiger partial charge in [0.15, 0.2) is 0 Å². The van der Waals surface area contributed by atoms with Crippen molar-refractivity contribution in [2.45, 2.75) is 24.9 Å². The predicted octanol–water partition coefficient (Wildman–Crippen LogP) is 0.651. The van der Waals surface area contributed by atoms with Gasteiger partial charge in [0.25, 0.3) is 0 Å². The summed E-state index contributed by atoms with van der Waals surface area (Å²) in [5, 5.41) is 11.8. The zero-order valence-corrected chi connectivity index (χ0v) is 8.52. The topological polar surface area (TPSA) is 58.6 Å². The van der Waals surface area contributed by atoms with Gasteiger partial charge in [-0.3, -0.25) is 4.79 Å². The molecule has 2 N–H and O–H groups in total. The van der Waals surface area contributed by atoms with Gasteiger partial charge in [0.1, 0.15) is 0 Å². The molecule has 1 rings (SSSR count). The number of hydrogen-bond donors (Lipinski definition) is 2. The second kappa shape index (κ2) is 5.42. The Morgan fingerprint density at radius 1 is 1.54 bits per heavy atom. The molecular weight excluding hydrogens is 194 g/mol. The summed E-state index contributed by atoms with van der Waals surface area (Å²) < 4.78 is 5.27. The number of aliphatic carboxylic acids is 1. The zero-order chi connectivity index (χ0) is 9.03. The van der Waals surface area contributed by atoms with E-state index in [1.165, 1.54) is 0 Å². The van der Waals surface area contributed by atoms with Gasteiger partial charge in [0.2, 0.25) is 0 Å². The van der Waals surface area contributed by atoms with Gasteiger partial charge in [-0.05, 0) is 25.9 Å². The Balaban J connectivity index is 0.00000144. The fourth-order valence-electron chi connectivity index (χ4n) is 1.61. The number of carbonyl (C=O) groups is 1. The first-order valence-electron chi connectivity index (χ1n) is 4.16. The average Bonchev–Trinajstić information content (AvgIpc) is 2.05. The number of methoxy groups -OCH3 is 1. The van der Waals surface area contributed by atoms with E-state index in [1.54, 1.807) is 7.11 Å². The number of nitrogens with one attached hydrogen (secondary N) is 1. The predicted molar refractivity (Wildman–Crippen MR) is 51.3 cm³/mol. The van der Waals surface area contributed by atoms with Gasteiger partial charge in [-0.25, -0.2) is 0 Å². The summed E-state index contributed by atoms with van der Waals surface area (Å²) in [4.78, 5) is 10.5. The van der Waals surface area contributed by atoms with Crippen molar-refractivity contribution in [1.29, 1.82) is 0 Å². The highest BCUT2D eigenvalue weighted by atomic mass is 35.5. The van der Waals surface area contributed by atoms with E-state index in [0.717, 1.165) is 25.9 Å². The van der Waals surface area contributed by atoms with Crippen LogP contribution in [0.3, 0.4) is 0 Å². The van der Waals surface area contributed by atoms with Gasteiger partial charge in [-0.15, -0.1) is 12.4 Å². The molecule has 1 saturated heterocycles. The first-order chi connectivity index (χ1) is 5.68. The summed E-state index contributed by atoms with van der Waals surface area (Å²) in [5.74, 6) is -0.779. The van der Waals surface area contributed by atoms with Crippen LogP contribution in [0.2, 0.25) is 0 Å². The maximum Gasteiger partial charge on any atom is 0.306 e. The Morgan fingerprint density at radius 2 is 2.08 bits per heavy atom. The molecule has 0 aromatic carbocycles. The first kappa shape index (κ1) is 12.7. The third kappa shape index (κ3) is 3.50. The fraction of sp³-hybridized carbons (Fsp3) is 0.875. The lowest BCUT2D eigenvalue weighted by Crippen LogP contribution is -2.44. The molecule has 0 aromatic heterocycles. The standard InChI is InChI=1S/C8H15NO3.ClH/c1-12-8(6-7(10)11)2-4-9-5-3-8;/h9H,2-6H2,1H3,(H,10,11);1H. The van der Waals surface area contributed by atoms with Crippen molar-refractivity contribution in [3.05, 3.63) is 0 Å². The van der Waals surface area contributed by atoms with Crippen LogP contribution in [-0.4, -0.2) is 36.9 Å². The van der Waals surface area contributed by atoms with E-state index in [0.29, 0.717) is 0 Å². The van der Waals surface area contributed by atoms with E-state index in [2.05, 4.69) is 5.32 Å². The SMILES string of the molecule is COC1(CC(=O)O)CCNCC1.Cl. The molecule has 0 unspecified atom stereocenters. The van der Waals surface area contributed by atoms with Crippen molar-refractivity contribution >= 4 is 18.4 Å². The normalized spacial score (nSPS) is 20.4. The molecule has 0 aliphatic carbocycles. The minimum Gasteiger partial charge on any atom is -0.481 e. The van der Waals surface area contributed by atoms with Gasteiger partial charge < -0.3 is 15.2 Å². The Hall–Kier alpha value is -0.320. The molecule has 1 fully saturated rings. The number of hydrogen-bond acceptors (Lipinski definition) is 3. The van der Waals surface area contributed by atoms with Crippen LogP contribution in [0.15, 0.2) is 0 Å². The van der Waals surface area contributed by atoms with E-state index in [-0.39, 0.29) is 18.8 Å². The lowest BCUT2D eigenvalue weighted by atomic mass is 9.89. The largest absolute Gasteiger partial charge is 0.481 e. The molecule has 0 radical (unpaired) electrons. The maximum atomic E-state index is 10.5. The van der Waals surface area contributed by atoms with Crippen LogP contribution in [0.25, 0.3) is 0 Å². The van der Waals surface area contributed by atoms with Gasteiger partial charge in [-0.2, -0.15) is 0 Å². The van der Waals surface area contributed by atoms with Crippen molar-refractivity contribution in [2.24, 2.45) is 0 Å². The van der Waals surface area contributed by atoms with Crippen molar-refractivity contribution in [3.8, 4) is 0 Å². The Kier molecular flexibility index (Phi) is 5.29. The molecule has 0 saturated carbocycles. The molecule has 78 valence electrons. The monoisotopic (exact) mass is 209 g/mol. The van der Waals surface area contributed by atoms with E-state index in [1.807, 2.05) is 0 Å². The van der Waals surface area contributed by atoms with Crippen LogP contribution in [0.5, 0.6) is 0 Å². The summed E-state index contributed by atoms with van der Waals surface area (Å²) >= 11 is 0. The lowest BCUT2D eigenvalue weighted by molar-refractivity contribution is -0.145. The zero-order valence-electron chi connectivity index (χ0n) is 7.71. The quantitative estimate of drug-likeness (QED) is 0.717. The molecular formula is C8H16ClNO3. The number of halogens is 1. The second-order valence-electron chi connectivity index (χ2n) is 3.21. The molecule has 0 spiro atoms. The van der Waals surface area contributed by atoms with Crippen molar-refractivity contribution in [2.75, 3.05) is 20.2 Å². The highest BCUT2D eigenvalue weighted by molar-refractivity contribution is 5.85. The molecule has 4 nitrogen and oxygen atoms in total. The van der Waals surface area contributed by atoms with Crippen LogP contribution < -0.4 is 5.32 Å². The number of carboxylic acids is 1. The third-order valence-corrected chi connectivity index (χ3v) is 2.42. The Labute approximate surface area is 84.1 Å². The van der Waals surface area contributed by atoms with Gasteiger partial charge >= 0.3 is 5.97 Å². The minimum atomic E-state index is -0.779. The van der Waals surface area contributed by atoms with Gasteiger partial charge in [0, 0.05) is 7.11 Å². The second-order valence-corrected chi connectivity index (χ2v) is 3.21. The van der Waals surface area contributed by atoms with Crippen molar-refractivity contribution in [3.63, 3.8) is 0 Å². The van der Waals surface area contributed by atoms with Crippen molar-refractivity contribution in [1.82, 2.24) is 5.32 Å². The number of rotatable bonds is 3. The molecule has 0 atom stereocenters. The number of carboxylic acid groups (broad SMARTS) is 1. The summed E-state index contributed by atoms with van der Waals surface area (Å²) in [5.41, 5.74) is -0.420. The summed E-state index contributed by atoms with van der Waals surface area (Å²) in [6.07, 6.45) is 1.69. The van der Waals surface area contributed by atoms with E-state index >= 15 is 0 Å². The molecule has 1 heterocycles. The lowest BCUT2D eigenvalue weighted by Gasteiger charge is -2.34. The molecule has 5 heteroatoms. The minimum absolute atomic E-state index is 0. The Bertz CT molecular complexity index is 169. The highest BCUT2D eigenvalue weighted by Crippen LogP contribution is 2.25. The third-order valence-electron chi connectivity index (χ3n) is 2.42. The van der Waals surface area contributed by atoms with Crippen LogP contribution in [0.4, 0.5) is 0 Å². The van der Waals surface area contributed by atoms with E-state index < -0.39 is 11.6 Å². The van der Waals surface area contributed by atoms with Crippen LogP contribution >= 0.6 is 12.4 Å². The molecule has 0 bridgehead atoms. The smallest absolute Gasteiger partial charge is 0.306 e. The summed E-state index contributed by atoms with van der Waals surface area (Å²) in [6, 6.07) is 0. The molecule has 13 heavy (non-hydrogen) atoms. The first-order valence-corrected chi connectivity index (χ1v) is 4.16. The summed E-state index contributed by atoms with van der Waals surface area (Å²) in [7, 11) is 1.59. The summed E-state index contributed by atoms with van der Waals surface area (Å²) in [6.45, 7) is 1.70. The molecule has 1 aliphatic heterocycles. The number of piperidine rings is 1. The molecule has 1 aliphatic rings. The van der Waals surface area contributed by atoms with Crippen LogP contribution in [-0.2, 0) is 9.53 Å². The average molecular weight is 210 g/mol. The fourth-order valence-corrected chi connectivity index (χ4v) is 1.61. The van der Waals surface area contributed by atoms with Crippen LogP contribution in [0.1, 0.15) is 19.3 Å². The van der Waals surface area contributed by atoms with E-state index in [9.17, 15) is 4.79 Å². The maximum absolute atomic E-state index is 10.5. The Morgan fingerprint density at radius 3 is 2.46 bits per heavy atom.